The van der Waals surface area contributed by atoms with E-state index in [9.17, 15) is 0 Å². The van der Waals surface area contributed by atoms with E-state index >= 15 is 0 Å². The molecule has 0 unspecified atom stereocenters. The van der Waals surface area contributed by atoms with Crippen LogP contribution in [0.1, 0.15) is 42.6 Å². The summed E-state index contributed by atoms with van der Waals surface area (Å²) in [4.78, 5) is 4.51. The van der Waals surface area contributed by atoms with Crippen molar-refractivity contribution in [3.8, 4) is 11.5 Å². The topological polar surface area (TPSA) is 69.4 Å². The van der Waals surface area contributed by atoms with Gasteiger partial charge in [0.1, 0.15) is 0 Å². The van der Waals surface area contributed by atoms with Crippen molar-refractivity contribution >= 4 is 0 Å². The molecule has 0 spiro atoms. The quantitative estimate of drug-likeness (QED) is 0.915. The fourth-order valence-corrected chi connectivity index (χ4v) is 2.72. The molecule has 22 heavy (non-hydrogen) atoms. The van der Waals surface area contributed by atoms with Crippen molar-refractivity contribution in [3.05, 3.63) is 35.5 Å². The Labute approximate surface area is 129 Å². The third kappa shape index (κ3) is 3.22. The fourth-order valence-electron chi connectivity index (χ4n) is 2.72. The molecule has 1 N–H and O–H groups in total. The number of aromatic nitrogens is 2. The summed E-state index contributed by atoms with van der Waals surface area (Å²) in [5.74, 6) is 2.80. The number of rotatable bonds is 5. The van der Waals surface area contributed by atoms with Gasteiger partial charge in [0.15, 0.2) is 17.3 Å². The van der Waals surface area contributed by atoms with Gasteiger partial charge >= 0.3 is 0 Å². The molecule has 1 saturated heterocycles. The van der Waals surface area contributed by atoms with E-state index in [1.165, 1.54) is 12.8 Å². The third-order valence-corrected chi connectivity index (χ3v) is 3.90. The molecule has 1 fully saturated rings. The van der Waals surface area contributed by atoms with Crippen molar-refractivity contribution in [2.45, 2.75) is 31.7 Å². The molecule has 1 atom stereocenters. The zero-order valence-corrected chi connectivity index (χ0v) is 13.0. The van der Waals surface area contributed by atoms with E-state index in [-0.39, 0.29) is 6.04 Å². The molecular weight excluding hydrogens is 282 g/mol. The maximum atomic E-state index is 5.40. The standard InChI is InChI=1S/C16H21N3O3/c1-20-13-7-6-11(9-14(13)21-2)10-15-18-16(22-19-15)12-5-3-4-8-17-12/h6-7,9,12,17H,3-5,8,10H2,1-2H3/t12-/m1/s1. The van der Waals surface area contributed by atoms with E-state index < -0.39 is 0 Å². The molecule has 1 aliphatic rings. The number of piperidine rings is 1. The van der Waals surface area contributed by atoms with Gasteiger partial charge in [0.05, 0.1) is 20.3 Å². The molecule has 0 radical (unpaired) electrons. The first-order chi connectivity index (χ1) is 10.8. The van der Waals surface area contributed by atoms with Crippen LogP contribution >= 0.6 is 0 Å². The van der Waals surface area contributed by atoms with Gasteiger partial charge in [-0.05, 0) is 37.1 Å². The average Bonchev–Trinajstić information content (AvgIpc) is 3.04. The van der Waals surface area contributed by atoms with E-state index in [0.29, 0.717) is 29.6 Å². The molecule has 118 valence electrons. The molecule has 1 aromatic heterocycles. The summed E-state index contributed by atoms with van der Waals surface area (Å²) >= 11 is 0. The largest absolute Gasteiger partial charge is 0.493 e. The normalized spacial score (nSPS) is 18.2. The highest BCUT2D eigenvalue weighted by Gasteiger charge is 2.21. The summed E-state index contributed by atoms with van der Waals surface area (Å²) < 4.78 is 16.0. The maximum absolute atomic E-state index is 5.40. The summed E-state index contributed by atoms with van der Waals surface area (Å²) in [6.07, 6.45) is 4.07. The predicted molar refractivity (Wildman–Crippen MR) is 81.2 cm³/mol. The minimum absolute atomic E-state index is 0.195. The van der Waals surface area contributed by atoms with Gasteiger partial charge in [-0.2, -0.15) is 4.98 Å². The Balaban J connectivity index is 1.72. The lowest BCUT2D eigenvalue weighted by Gasteiger charge is -2.19. The SMILES string of the molecule is COc1ccc(Cc2noc([C@H]3CCCCN3)n2)cc1OC. The zero-order chi connectivity index (χ0) is 15.4. The number of nitrogens with zero attached hydrogens (tertiary/aromatic N) is 2. The molecular formula is C16H21N3O3. The van der Waals surface area contributed by atoms with Crippen molar-refractivity contribution in [3.63, 3.8) is 0 Å². The maximum Gasteiger partial charge on any atom is 0.243 e. The van der Waals surface area contributed by atoms with Gasteiger partial charge in [0.25, 0.3) is 0 Å². The van der Waals surface area contributed by atoms with Crippen LogP contribution in [-0.2, 0) is 6.42 Å². The van der Waals surface area contributed by atoms with Gasteiger partial charge in [-0.3, -0.25) is 0 Å². The van der Waals surface area contributed by atoms with Crippen LogP contribution < -0.4 is 14.8 Å². The number of methoxy groups -OCH3 is 2. The van der Waals surface area contributed by atoms with E-state index in [0.717, 1.165) is 18.5 Å². The number of benzene rings is 1. The summed E-state index contributed by atoms with van der Waals surface area (Å²) in [6.45, 7) is 1.01. The summed E-state index contributed by atoms with van der Waals surface area (Å²) in [6, 6.07) is 6.00. The molecule has 2 heterocycles. The van der Waals surface area contributed by atoms with E-state index in [4.69, 9.17) is 14.0 Å². The molecule has 1 aliphatic heterocycles. The summed E-state index contributed by atoms with van der Waals surface area (Å²) in [5, 5.41) is 7.50. The lowest BCUT2D eigenvalue weighted by atomic mass is 10.1. The fraction of sp³-hybridized carbons (Fsp3) is 0.500. The van der Waals surface area contributed by atoms with Crippen molar-refractivity contribution in [1.29, 1.82) is 0 Å². The van der Waals surface area contributed by atoms with Gasteiger partial charge in [-0.25, -0.2) is 0 Å². The predicted octanol–water partition coefficient (Wildman–Crippen LogP) is 2.49. The van der Waals surface area contributed by atoms with Crippen LogP contribution in [0, 0.1) is 0 Å². The average molecular weight is 303 g/mol. The first-order valence-corrected chi connectivity index (χ1v) is 7.57. The molecule has 6 nitrogen and oxygen atoms in total. The van der Waals surface area contributed by atoms with Crippen LogP contribution in [0.5, 0.6) is 11.5 Å². The Morgan fingerprint density at radius 3 is 2.82 bits per heavy atom. The van der Waals surface area contributed by atoms with Crippen LogP contribution in [-0.4, -0.2) is 30.9 Å². The monoisotopic (exact) mass is 303 g/mol. The Morgan fingerprint density at radius 2 is 2.09 bits per heavy atom. The molecule has 1 aromatic carbocycles. The van der Waals surface area contributed by atoms with Crippen molar-refractivity contribution < 1.29 is 14.0 Å². The van der Waals surface area contributed by atoms with Crippen LogP contribution in [0.25, 0.3) is 0 Å². The lowest BCUT2D eigenvalue weighted by molar-refractivity contribution is 0.296. The van der Waals surface area contributed by atoms with Crippen molar-refractivity contribution in [2.75, 3.05) is 20.8 Å². The smallest absolute Gasteiger partial charge is 0.243 e. The van der Waals surface area contributed by atoms with Crippen LogP contribution in [0.4, 0.5) is 0 Å². The molecule has 6 heteroatoms. The number of ether oxygens (including phenoxy) is 2. The van der Waals surface area contributed by atoms with Crippen molar-refractivity contribution in [2.24, 2.45) is 0 Å². The molecule has 0 saturated carbocycles. The summed E-state index contributed by atoms with van der Waals surface area (Å²) in [5.41, 5.74) is 1.06. The Bertz CT molecular complexity index is 621. The van der Waals surface area contributed by atoms with Crippen molar-refractivity contribution in [1.82, 2.24) is 15.5 Å². The second kappa shape index (κ2) is 6.79. The summed E-state index contributed by atoms with van der Waals surface area (Å²) in [7, 11) is 3.25. The van der Waals surface area contributed by atoms with Gasteiger partial charge in [0, 0.05) is 6.42 Å². The first kappa shape index (κ1) is 14.8. The Hall–Kier alpha value is -2.08. The third-order valence-electron chi connectivity index (χ3n) is 3.90. The molecule has 2 aromatic rings. The van der Waals surface area contributed by atoms with Gasteiger partial charge < -0.3 is 19.3 Å². The Morgan fingerprint density at radius 1 is 1.23 bits per heavy atom. The highest BCUT2D eigenvalue weighted by Crippen LogP contribution is 2.28. The number of hydrogen-bond acceptors (Lipinski definition) is 6. The van der Waals surface area contributed by atoms with Crippen LogP contribution in [0.2, 0.25) is 0 Å². The van der Waals surface area contributed by atoms with Crippen LogP contribution in [0.3, 0.4) is 0 Å². The van der Waals surface area contributed by atoms with Crippen LogP contribution in [0.15, 0.2) is 22.7 Å². The second-order valence-corrected chi connectivity index (χ2v) is 5.42. The van der Waals surface area contributed by atoms with Gasteiger partial charge in [-0.15, -0.1) is 0 Å². The second-order valence-electron chi connectivity index (χ2n) is 5.42. The highest BCUT2D eigenvalue weighted by molar-refractivity contribution is 5.43. The van der Waals surface area contributed by atoms with Gasteiger partial charge in [-0.1, -0.05) is 17.6 Å². The van der Waals surface area contributed by atoms with E-state index in [1.807, 2.05) is 18.2 Å². The minimum atomic E-state index is 0.195. The zero-order valence-electron chi connectivity index (χ0n) is 13.0. The first-order valence-electron chi connectivity index (χ1n) is 7.57. The van der Waals surface area contributed by atoms with Gasteiger partial charge in [0.2, 0.25) is 5.89 Å². The minimum Gasteiger partial charge on any atom is -0.493 e. The highest BCUT2D eigenvalue weighted by atomic mass is 16.5. The molecule has 0 bridgehead atoms. The Kier molecular flexibility index (Phi) is 4.58. The number of nitrogens with one attached hydrogen (secondary N) is 1. The van der Waals surface area contributed by atoms with E-state index in [2.05, 4.69) is 15.5 Å². The molecule has 0 aliphatic carbocycles. The lowest BCUT2D eigenvalue weighted by Crippen LogP contribution is -2.27. The van der Waals surface area contributed by atoms with E-state index in [1.54, 1.807) is 14.2 Å². The molecule has 3 rings (SSSR count). The molecule has 0 amide bonds. The number of hydrogen-bond donors (Lipinski definition) is 1.